The lowest BCUT2D eigenvalue weighted by molar-refractivity contribution is 0.414. The fourth-order valence-electron chi connectivity index (χ4n) is 4.89. The number of anilines is 2. The Kier molecular flexibility index (Phi) is 10.2. The second kappa shape index (κ2) is 13.1. The van der Waals surface area contributed by atoms with E-state index in [2.05, 4.69) is 70.7 Å². The number of nitrogens with one attached hydrogen (secondary N) is 2. The van der Waals surface area contributed by atoms with Gasteiger partial charge in [0.15, 0.2) is 5.96 Å². The molecule has 2 atom stereocenters. The van der Waals surface area contributed by atoms with E-state index in [4.69, 9.17) is 9.73 Å². The number of benzene rings is 2. The van der Waals surface area contributed by atoms with Gasteiger partial charge in [0.2, 0.25) is 0 Å². The molecule has 2 aromatic carbocycles. The average molecular weight is 578 g/mol. The van der Waals surface area contributed by atoms with Crippen molar-refractivity contribution in [3.8, 4) is 5.75 Å². The van der Waals surface area contributed by atoms with Gasteiger partial charge in [-0.25, -0.2) is 0 Å². The highest BCUT2D eigenvalue weighted by Gasteiger charge is 2.24. The van der Waals surface area contributed by atoms with Gasteiger partial charge in [-0.3, -0.25) is 4.99 Å². The molecule has 2 aliphatic heterocycles. The van der Waals surface area contributed by atoms with E-state index < -0.39 is 0 Å². The third-order valence-corrected chi connectivity index (χ3v) is 6.76. The topological polar surface area (TPSA) is 52.1 Å². The number of guanidine groups is 1. The van der Waals surface area contributed by atoms with Crippen molar-refractivity contribution in [1.29, 1.82) is 0 Å². The number of halogens is 1. The first-order valence-electron chi connectivity index (χ1n) is 12.5. The van der Waals surface area contributed by atoms with Crippen molar-refractivity contribution >= 4 is 41.3 Å². The fourth-order valence-corrected chi connectivity index (χ4v) is 4.89. The van der Waals surface area contributed by atoms with Crippen LogP contribution >= 0.6 is 24.0 Å². The number of nitrogens with zero attached hydrogens (tertiary/aromatic N) is 3. The molecule has 0 bridgehead atoms. The zero-order valence-electron chi connectivity index (χ0n) is 20.8. The maximum absolute atomic E-state index is 5.56. The smallest absolute Gasteiger partial charge is 0.191 e. The summed E-state index contributed by atoms with van der Waals surface area (Å²) in [5.41, 5.74) is 3.82. The van der Waals surface area contributed by atoms with Crippen molar-refractivity contribution in [1.82, 2.24) is 10.6 Å². The molecule has 0 aliphatic carbocycles. The number of rotatable bonds is 8. The van der Waals surface area contributed by atoms with E-state index in [1.54, 1.807) is 7.11 Å². The lowest BCUT2D eigenvalue weighted by Crippen LogP contribution is -2.39. The van der Waals surface area contributed by atoms with Crippen LogP contribution in [0.2, 0.25) is 0 Å². The molecule has 2 aliphatic rings. The van der Waals surface area contributed by atoms with Gasteiger partial charge in [-0.1, -0.05) is 24.3 Å². The summed E-state index contributed by atoms with van der Waals surface area (Å²) in [5.74, 6) is 2.38. The first kappa shape index (κ1) is 26.4. The van der Waals surface area contributed by atoms with Crippen molar-refractivity contribution in [2.45, 2.75) is 39.2 Å². The summed E-state index contributed by atoms with van der Waals surface area (Å²) in [6.07, 6.45) is 3.74. The Morgan fingerprint density at radius 1 is 1.09 bits per heavy atom. The largest absolute Gasteiger partial charge is 0.495 e. The van der Waals surface area contributed by atoms with Crippen molar-refractivity contribution < 1.29 is 4.74 Å². The highest BCUT2D eigenvalue weighted by molar-refractivity contribution is 14.0. The van der Waals surface area contributed by atoms with Crippen LogP contribution in [0, 0.1) is 5.92 Å². The average Bonchev–Trinajstić information content (AvgIpc) is 3.55. The lowest BCUT2D eigenvalue weighted by atomic mass is 10.1. The zero-order chi connectivity index (χ0) is 23.0. The summed E-state index contributed by atoms with van der Waals surface area (Å²) in [7, 11) is 1.74. The number of aliphatic imine (C=N–C) groups is 1. The van der Waals surface area contributed by atoms with Gasteiger partial charge < -0.3 is 25.2 Å². The third-order valence-electron chi connectivity index (χ3n) is 6.76. The molecule has 2 saturated heterocycles. The van der Waals surface area contributed by atoms with Crippen molar-refractivity contribution in [3.63, 3.8) is 0 Å². The van der Waals surface area contributed by atoms with E-state index in [0.29, 0.717) is 5.92 Å². The van der Waals surface area contributed by atoms with Crippen LogP contribution < -0.4 is 25.2 Å². The molecule has 0 aromatic heterocycles. The summed E-state index contributed by atoms with van der Waals surface area (Å²) in [4.78, 5) is 9.87. The van der Waals surface area contributed by atoms with E-state index >= 15 is 0 Å². The molecule has 4 rings (SSSR count). The Bertz CT molecular complexity index is 931. The maximum atomic E-state index is 5.56. The predicted octanol–water partition coefficient (Wildman–Crippen LogP) is 5.06. The normalized spacial score (nSPS) is 19.0. The Balaban J connectivity index is 0.00000324. The Hall–Kier alpha value is -2.16. The van der Waals surface area contributed by atoms with E-state index in [-0.39, 0.29) is 30.0 Å². The molecule has 186 valence electrons. The molecule has 0 amide bonds. The van der Waals surface area contributed by atoms with Crippen LogP contribution in [-0.2, 0) is 0 Å². The number of hydrogen-bond acceptors (Lipinski definition) is 4. The second-order valence-electron chi connectivity index (χ2n) is 9.15. The molecular weight excluding hydrogens is 537 g/mol. The predicted molar refractivity (Wildman–Crippen MR) is 154 cm³/mol. The van der Waals surface area contributed by atoms with Gasteiger partial charge in [0.05, 0.1) is 18.8 Å². The Morgan fingerprint density at radius 3 is 2.65 bits per heavy atom. The van der Waals surface area contributed by atoms with Gasteiger partial charge in [-0.15, -0.1) is 24.0 Å². The van der Waals surface area contributed by atoms with E-state index in [0.717, 1.165) is 44.3 Å². The molecule has 0 saturated carbocycles. The molecule has 34 heavy (non-hydrogen) atoms. The summed E-state index contributed by atoms with van der Waals surface area (Å²) in [5, 5.41) is 7.06. The molecule has 2 unspecified atom stereocenters. The standard InChI is InChI=1S/C27H39N5O.HI/c1-4-28-27(30-21(2)23-10-9-11-24(18-23)31-15-7-8-16-31)29-19-22-14-17-32(20-22)25-12-5-6-13-26(25)33-3;/h5-6,9-13,18,21-22H,4,7-8,14-17,19-20H2,1-3H3,(H2,28,29,30);1H. The number of hydrogen-bond donors (Lipinski definition) is 2. The molecule has 2 heterocycles. The lowest BCUT2D eigenvalue weighted by Gasteiger charge is -2.22. The van der Waals surface area contributed by atoms with E-state index in [1.165, 1.54) is 42.9 Å². The van der Waals surface area contributed by atoms with Gasteiger partial charge in [0, 0.05) is 45.0 Å². The Labute approximate surface area is 222 Å². The molecule has 2 N–H and O–H groups in total. The molecular formula is C27H40IN5O. The monoisotopic (exact) mass is 577 g/mol. The summed E-state index contributed by atoms with van der Waals surface area (Å²) in [6, 6.07) is 17.4. The first-order chi connectivity index (χ1) is 16.2. The molecule has 2 fully saturated rings. The SMILES string of the molecule is CCNC(=NCC1CCN(c2ccccc2OC)C1)NC(C)c1cccc(N2CCCC2)c1.I. The van der Waals surface area contributed by atoms with Crippen LogP contribution in [0.3, 0.4) is 0 Å². The molecule has 0 radical (unpaired) electrons. The third kappa shape index (κ3) is 6.71. The van der Waals surface area contributed by atoms with Crippen LogP contribution in [0.25, 0.3) is 0 Å². The first-order valence-corrected chi connectivity index (χ1v) is 12.5. The van der Waals surface area contributed by atoms with E-state index in [9.17, 15) is 0 Å². The number of methoxy groups -OCH3 is 1. The van der Waals surface area contributed by atoms with Crippen LogP contribution in [0.5, 0.6) is 5.75 Å². The van der Waals surface area contributed by atoms with Gasteiger partial charge in [0.25, 0.3) is 0 Å². The van der Waals surface area contributed by atoms with E-state index in [1.807, 2.05) is 12.1 Å². The van der Waals surface area contributed by atoms with Crippen LogP contribution in [0.4, 0.5) is 11.4 Å². The molecule has 2 aromatic rings. The van der Waals surface area contributed by atoms with Gasteiger partial charge in [-0.2, -0.15) is 0 Å². The van der Waals surface area contributed by atoms with Gasteiger partial charge in [-0.05, 0) is 68.9 Å². The second-order valence-corrected chi connectivity index (χ2v) is 9.15. The zero-order valence-corrected chi connectivity index (χ0v) is 23.1. The number of ether oxygens (including phenoxy) is 1. The van der Waals surface area contributed by atoms with Gasteiger partial charge in [0.1, 0.15) is 5.75 Å². The summed E-state index contributed by atoms with van der Waals surface area (Å²) >= 11 is 0. The van der Waals surface area contributed by atoms with Crippen LogP contribution in [0.15, 0.2) is 53.5 Å². The van der Waals surface area contributed by atoms with Crippen molar-refractivity contribution in [3.05, 3.63) is 54.1 Å². The number of para-hydroxylation sites is 2. The Morgan fingerprint density at radius 2 is 1.88 bits per heavy atom. The maximum Gasteiger partial charge on any atom is 0.191 e. The molecule has 0 spiro atoms. The highest BCUT2D eigenvalue weighted by atomic mass is 127. The minimum Gasteiger partial charge on any atom is -0.495 e. The van der Waals surface area contributed by atoms with Crippen molar-refractivity contribution in [2.24, 2.45) is 10.9 Å². The summed E-state index contributed by atoms with van der Waals surface area (Å²) in [6.45, 7) is 10.4. The van der Waals surface area contributed by atoms with Crippen LogP contribution in [0.1, 0.15) is 44.7 Å². The minimum absolute atomic E-state index is 0. The van der Waals surface area contributed by atoms with Gasteiger partial charge >= 0.3 is 0 Å². The highest BCUT2D eigenvalue weighted by Crippen LogP contribution is 2.32. The summed E-state index contributed by atoms with van der Waals surface area (Å²) < 4.78 is 5.56. The molecule has 7 heteroatoms. The fraction of sp³-hybridized carbons (Fsp3) is 0.519. The minimum atomic E-state index is 0. The van der Waals surface area contributed by atoms with Crippen LogP contribution in [-0.4, -0.2) is 52.3 Å². The quantitative estimate of drug-likeness (QED) is 0.261. The molecule has 6 nitrogen and oxygen atoms in total. The van der Waals surface area contributed by atoms with Crippen molar-refractivity contribution in [2.75, 3.05) is 56.2 Å².